The molecule has 22 heavy (non-hydrogen) atoms. The van der Waals surface area contributed by atoms with Crippen LogP contribution in [0, 0.1) is 0 Å². The van der Waals surface area contributed by atoms with Crippen molar-refractivity contribution >= 4 is 22.2 Å². The van der Waals surface area contributed by atoms with Crippen molar-refractivity contribution in [1.82, 2.24) is 14.3 Å². The van der Waals surface area contributed by atoms with Gasteiger partial charge in [0.05, 0.1) is 12.1 Å². The van der Waals surface area contributed by atoms with Gasteiger partial charge in [0.15, 0.2) is 4.96 Å². The van der Waals surface area contributed by atoms with Crippen LogP contribution in [0.2, 0.25) is 0 Å². The van der Waals surface area contributed by atoms with Gasteiger partial charge in [-0.15, -0.1) is 11.3 Å². The van der Waals surface area contributed by atoms with E-state index in [0.717, 1.165) is 47.8 Å². The van der Waals surface area contributed by atoms with Gasteiger partial charge in [0.1, 0.15) is 0 Å². The lowest BCUT2D eigenvalue weighted by Crippen LogP contribution is -2.29. The van der Waals surface area contributed by atoms with Gasteiger partial charge in [0, 0.05) is 35.9 Å². The fourth-order valence-electron chi connectivity index (χ4n) is 2.94. The molecule has 0 N–H and O–H groups in total. The van der Waals surface area contributed by atoms with Gasteiger partial charge < -0.3 is 4.90 Å². The van der Waals surface area contributed by atoms with Gasteiger partial charge in [0.25, 0.3) is 0 Å². The van der Waals surface area contributed by atoms with E-state index in [1.807, 2.05) is 34.7 Å². The number of benzene rings is 1. The first-order chi connectivity index (χ1) is 10.8. The van der Waals surface area contributed by atoms with Gasteiger partial charge in [0.2, 0.25) is 5.91 Å². The van der Waals surface area contributed by atoms with Gasteiger partial charge in [-0.1, -0.05) is 30.3 Å². The normalized spacial score (nSPS) is 14.8. The molecule has 1 aliphatic rings. The van der Waals surface area contributed by atoms with Gasteiger partial charge >= 0.3 is 0 Å². The van der Waals surface area contributed by atoms with Crippen LogP contribution in [0.5, 0.6) is 0 Å². The molecule has 1 fully saturated rings. The van der Waals surface area contributed by atoms with Crippen LogP contribution in [0.4, 0.5) is 0 Å². The zero-order chi connectivity index (χ0) is 14.9. The number of amides is 1. The van der Waals surface area contributed by atoms with Crippen LogP contribution >= 0.6 is 11.3 Å². The van der Waals surface area contributed by atoms with E-state index in [-0.39, 0.29) is 5.91 Å². The van der Waals surface area contributed by atoms with Crippen molar-refractivity contribution in [2.45, 2.75) is 19.3 Å². The summed E-state index contributed by atoms with van der Waals surface area (Å²) in [6, 6.07) is 10.1. The van der Waals surface area contributed by atoms with Crippen molar-refractivity contribution in [2.75, 3.05) is 13.1 Å². The number of fused-ring (bicyclic) bond motifs is 1. The Morgan fingerprint density at radius 2 is 1.95 bits per heavy atom. The molecule has 1 aromatic carbocycles. The molecule has 4 nitrogen and oxygen atoms in total. The van der Waals surface area contributed by atoms with E-state index in [2.05, 4.69) is 21.5 Å². The smallest absolute Gasteiger partial charge is 0.228 e. The summed E-state index contributed by atoms with van der Waals surface area (Å²) in [5.41, 5.74) is 3.10. The van der Waals surface area contributed by atoms with E-state index in [1.165, 1.54) is 0 Å². The van der Waals surface area contributed by atoms with Crippen LogP contribution in [0.15, 0.2) is 41.9 Å². The summed E-state index contributed by atoms with van der Waals surface area (Å²) in [4.78, 5) is 19.9. The van der Waals surface area contributed by atoms with Crippen LogP contribution in [0.3, 0.4) is 0 Å². The third-order valence-electron chi connectivity index (χ3n) is 4.14. The number of carbonyl (C=O) groups excluding carboxylic acids is 1. The standard InChI is InChI=1S/C17H17N3OS/c21-16(19-8-4-5-9-19)10-14-12-22-17-18-15(11-20(14)17)13-6-2-1-3-7-13/h1-3,6-7,11-12H,4-5,8-10H2. The minimum Gasteiger partial charge on any atom is -0.342 e. The molecule has 3 aromatic rings. The highest BCUT2D eigenvalue weighted by Gasteiger charge is 2.20. The summed E-state index contributed by atoms with van der Waals surface area (Å²) in [5.74, 6) is 0.229. The van der Waals surface area contributed by atoms with Crippen molar-refractivity contribution in [3.63, 3.8) is 0 Å². The number of nitrogens with zero attached hydrogens (tertiary/aromatic N) is 3. The minimum atomic E-state index is 0.229. The zero-order valence-corrected chi connectivity index (χ0v) is 13.1. The summed E-state index contributed by atoms with van der Waals surface area (Å²) in [7, 11) is 0. The Kier molecular flexibility index (Phi) is 3.42. The first-order valence-electron chi connectivity index (χ1n) is 7.60. The summed E-state index contributed by atoms with van der Waals surface area (Å²) in [6.45, 7) is 1.82. The quantitative estimate of drug-likeness (QED) is 0.745. The molecule has 0 atom stereocenters. The average molecular weight is 311 g/mol. The SMILES string of the molecule is O=C(Cc1csc2nc(-c3ccccc3)cn12)N1CCCC1. The molecular formula is C17H17N3OS. The van der Waals surface area contributed by atoms with Gasteiger partial charge in [-0.25, -0.2) is 4.98 Å². The lowest BCUT2D eigenvalue weighted by molar-refractivity contribution is -0.129. The van der Waals surface area contributed by atoms with Crippen molar-refractivity contribution in [1.29, 1.82) is 0 Å². The predicted molar refractivity (Wildman–Crippen MR) is 88.0 cm³/mol. The maximum absolute atomic E-state index is 12.3. The van der Waals surface area contributed by atoms with E-state index < -0.39 is 0 Å². The fraction of sp³-hybridized carbons (Fsp3) is 0.294. The van der Waals surface area contributed by atoms with E-state index in [9.17, 15) is 4.79 Å². The number of imidazole rings is 1. The molecule has 0 saturated carbocycles. The van der Waals surface area contributed by atoms with Crippen molar-refractivity contribution in [3.05, 3.63) is 47.6 Å². The molecule has 4 rings (SSSR count). The molecule has 0 spiro atoms. The molecule has 0 aliphatic carbocycles. The van der Waals surface area contributed by atoms with E-state index in [1.54, 1.807) is 11.3 Å². The number of likely N-dealkylation sites (tertiary alicyclic amines) is 1. The maximum atomic E-state index is 12.3. The number of rotatable bonds is 3. The third kappa shape index (κ3) is 2.41. The zero-order valence-electron chi connectivity index (χ0n) is 12.2. The molecule has 5 heteroatoms. The number of thiazole rings is 1. The second kappa shape index (κ2) is 5.57. The summed E-state index contributed by atoms with van der Waals surface area (Å²) >= 11 is 1.60. The molecule has 1 saturated heterocycles. The third-order valence-corrected chi connectivity index (χ3v) is 5.03. The Morgan fingerprint density at radius 3 is 2.73 bits per heavy atom. The lowest BCUT2D eigenvalue weighted by Gasteiger charge is -2.14. The molecule has 112 valence electrons. The van der Waals surface area contributed by atoms with E-state index in [4.69, 9.17) is 0 Å². The van der Waals surface area contributed by atoms with E-state index in [0.29, 0.717) is 6.42 Å². The molecular weight excluding hydrogens is 294 g/mol. The Morgan fingerprint density at radius 1 is 1.18 bits per heavy atom. The molecule has 0 bridgehead atoms. The average Bonchev–Trinajstić information content (AvgIpc) is 3.26. The Balaban J connectivity index is 1.62. The topological polar surface area (TPSA) is 37.6 Å². The number of hydrogen-bond donors (Lipinski definition) is 0. The van der Waals surface area contributed by atoms with Crippen LogP contribution in [-0.4, -0.2) is 33.3 Å². The molecule has 0 unspecified atom stereocenters. The monoisotopic (exact) mass is 311 g/mol. The fourth-order valence-corrected chi connectivity index (χ4v) is 3.81. The summed E-state index contributed by atoms with van der Waals surface area (Å²) in [5, 5.41) is 2.05. The Hall–Kier alpha value is -2.14. The largest absolute Gasteiger partial charge is 0.342 e. The Labute approximate surface area is 133 Å². The lowest BCUT2D eigenvalue weighted by atomic mass is 10.2. The minimum absolute atomic E-state index is 0.229. The predicted octanol–water partition coefficient (Wildman–Crippen LogP) is 3.23. The highest BCUT2D eigenvalue weighted by molar-refractivity contribution is 7.15. The van der Waals surface area contributed by atoms with Crippen LogP contribution in [0.1, 0.15) is 18.5 Å². The maximum Gasteiger partial charge on any atom is 0.228 e. The van der Waals surface area contributed by atoms with Crippen molar-refractivity contribution in [2.24, 2.45) is 0 Å². The highest BCUT2D eigenvalue weighted by atomic mass is 32.1. The highest BCUT2D eigenvalue weighted by Crippen LogP contribution is 2.24. The second-order valence-corrected chi connectivity index (χ2v) is 6.47. The summed E-state index contributed by atoms with van der Waals surface area (Å²) in [6.07, 6.45) is 4.76. The van der Waals surface area contributed by atoms with Gasteiger partial charge in [-0.2, -0.15) is 0 Å². The molecule has 1 aliphatic heterocycles. The molecule has 3 heterocycles. The molecule has 1 amide bonds. The molecule has 0 radical (unpaired) electrons. The number of hydrogen-bond acceptors (Lipinski definition) is 3. The van der Waals surface area contributed by atoms with Crippen molar-refractivity contribution in [3.8, 4) is 11.3 Å². The van der Waals surface area contributed by atoms with Gasteiger partial charge in [-0.3, -0.25) is 9.20 Å². The second-order valence-electron chi connectivity index (χ2n) is 5.64. The summed E-state index contributed by atoms with van der Waals surface area (Å²) < 4.78 is 2.06. The van der Waals surface area contributed by atoms with Crippen LogP contribution in [-0.2, 0) is 11.2 Å². The number of aromatic nitrogens is 2. The van der Waals surface area contributed by atoms with Crippen LogP contribution in [0.25, 0.3) is 16.2 Å². The number of carbonyl (C=O) groups is 1. The van der Waals surface area contributed by atoms with Gasteiger partial charge in [-0.05, 0) is 12.8 Å². The Bertz CT molecular complexity index is 800. The van der Waals surface area contributed by atoms with Crippen LogP contribution < -0.4 is 0 Å². The molecule has 2 aromatic heterocycles. The van der Waals surface area contributed by atoms with E-state index >= 15 is 0 Å². The van der Waals surface area contributed by atoms with Crippen molar-refractivity contribution < 1.29 is 4.79 Å². The first kappa shape index (κ1) is 13.5. The first-order valence-corrected chi connectivity index (χ1v) is 8.48.